The lowest BCUT2D eigenvalue weighted by atomic mass is 10.2. The highest BCUT2D eigenvalue weighted by Crippen LogP contribution is 2.20. The largest absolute Gasteiger partial charge is 0.399 e. The van der Waals surface area contributed by atoms with Crippen LogP contribution in [0, 0.1) is 20.8 Å². The minimum absolute atomic E-state index is 0.0356. The third-order valence-corrected chi connectivity index (χ3v) is 4.52. The Morgan fingerprint density at radius 3 is 2.67 bits per heavy atom. The molecule has 5 nitrogen and oxygen atoms in total. The quantitative estimate of drug-likeness (QED) is 0.831. The smallest absolute Gasteiger partial charge is 0.226 e. The molecule has 2 rings (SSSR count). The highest BCUT2D eigenvalue weighted by atomic mass is 79.9. The number of aromatic nitrogens is 2. The predicted molar refractivity (Wildman–Crippen MR) is 88.2 cm³/mol. The molecule has 2 aromatic rings. The van der Waals surface area contributed by atoms with Gasteiger partial charge in [0, 0.05) is 23.5 Å². The maximum Gasteiger partial charge on any atom is 0.226 e. The van der Waals surface area contributed by atoms with Crippen LogP contribution in [0.4, 0.5) is 11.4 Å². The highest BCUT2D eigenvalue weighted by Gasteiger charge is 2.10. The van der Waals surface area contributed by atoms with E-state index in [9.17, 15) is 4.79 Å². The van der Waals surface area contributed by atoms with E-state index in [1.54, 1.807) is 6.07 Å². The number of hydrogen-bond donors (Lipinski definition) is 2. The molecule has 1 aromatic heterocycles. The van der Waals surface area contributed by atoms with Gasteiger partial charge in [0.25, 0.3) is 0 Å². The number of benzene rings is 1. The van der Waals surface area contributed by atoms with Gasteiger partial charge in [0.1, 0.15) is 0 Å². The molecule has 21 heavy (non-hydrogen) atoms. The van der Waals surface area contributed by atoms with E-state index < -0.39 is 0 Å². The van der Waals surface area contributed by atoms with Crippen molar-refractivity contribution in [1.82, 2.24) is 9.78 Å². The van der Waals surface area contributed by atoms with Gasteiger partial charge in [0.15, 0.2) is 0 Å². The third-order valence-electron chi connectivity index (χ3n) is 3.37. The van der Waals surface area contributed by atoms with Gasteiger partial charge in [-0.1, -0.05) is 0 Å². The number of rotatable bonds is 4. The van der Waals surface area contributed by atoms with Crippen LogP contribution < -0.4 is 11.1 Å². The van der Waals surface area contributed by atoms with E-state index in [0.29, 0.717) is 18.7 Å². The first-order valence-electron chi connectivity index (χ1n) is 6.74. The van der Waals surface area contributed by atoms with E-state index in [1.165, 1.54) is 0 Å². The number of hydrogen-bond acceptors (Lipinski definition) is 3. The first-order chi connectivity index (χ1) is 9.88. The van der Waals surface area contributed by atoms with Gasteiger partial charge in [-0.2, -0.15) is 5.10 Å². The summed E-state index contributed by atoms with van der Waals surface area (Å²) in [5, 5.41) is 7.29. The van der Waals surface area contributed by atoms with Crippen LogP contribution >= 0.6 is 15.9 Å². The fourth-order valence-corrected chi connectivity index (χ4v) is 2.42. The molecule has 0 unspecified atom stereocenters. The Kier molecular flexibility index (Phi) is 4.67. The Labute approximate surface area is 132 Å². The van der Waals surface area contributed by atoms with Crippen LogP contribution in [0.5, 0.6) is 0 Å². The molecule has 0 saturated heterocycles. The summed E-state index contributed by atoms with van der Waals surface area (Å²) in [5.74, 6) is -0.0356. The third kappa shape index (κ3) is 3.64. The van der Waals surface area contributed by atoms with Crippen LogP contribution in [0.15, 0.2) is 22.7 Å². The van der Waals surface area contributed by atoms with Crippen LogP contribution in [-0.2, 0) is 11.3 Å². The van der Waals surface area contributed by atoms with Gasteiger partial charge < -0.3 is 11.1 Å². The van der Waals surface area contributed by atoms with Crippen molar-refractivity contribution in [3.63, 3.8) is 0 Å². The zero-order chi connectivity index (χ0) is 15.6. The van der Waals surface area contributed by atoms with Gasteiger partial charge in [-0.05, 0) is 60.5 Å². The van der Waals surface area contributed by atoms with Crippen LogP contribution in [0.1, 0.15) is 23.4 Å². The lowest BCUT2D eigenvalue weighted by molar-refractivity contribution is -0.116. The highest BCUT2D eigenvalue weighted by molar-refractivity contribution is 9.10. The Balaban J connectivity index is 1.97. The summed E-state index contributed by atoms with van der Waals surface area (Å²) in [6, 6.07) is 5.44. The summed E-state index contributed by atoms with van der Waals surface area (Å²) in [7, 11) is 0. The Morgan fingerprint density at radius 2 is 2.10 bits per heavy atom. The number of nitrogen functional groups attached to an aromatic ring is 1. The van der Waals surface area contributed by atoms with Gasteiger partial charge in [-0.3, -0.25) is 9.48 Å². The molecule has 0 atom stereocenters. The Bertz CT molecular complexity index is 679. The number of nitrogens with one attached hydrogen (secondary N) is 1. The average Bonchev–Trinajstić information content (AvgIpc) is 2.67. The lowest BCUT2D eigenvalue weighted by Gasteiger charge is -2.09. The van der Waals surface area contributed by atoms with Gasteiger partial charge in [-0.25, -0.2) is 0 Å². The van der Waals surface area contributed by atoms with Crippen molar-refractivity contribution < 1.29 is 4.79 Å². The SMILES string of the molecule is Cc1cc(N)ccc1NC(=O)CCn1nc(C)c(Br)c1C. The second-order valence-corrected chi connectivity index (χ2v) is 5.87. The number of carbonyl (C=O) groups is 1. The number of anilines is 2. The molecular weight excluding hydrogens is 332 g/mol. The number of carbonyl (C=O) groups excluding carboxylic acids is 1. The normalized spacial score (nSPS) is 10.7. The van der Waals surface area contributed by atoms with Crippen molar-refractivity contribution in [1.29, 1.82) is 0 Å². The zero-order valence-corrected chi connectivity index (χ0v) is 14.0. The van der Waals surface area contributed by atoms with Gasteiger partial charge in [-0.15, -0.1) is 0 Å². The van der Waals surface area contributed by atoms with Crippen LogP contribution in [0.2, 0.25) is 0 Å². The lowest BCUT2D eigenvalue weighted by Crippen LogP contribution is -2.16. The van der Waals surface area contributed by atoms with Crippen LogP contribution in [0.25, 0.3) is 0 Å². The maximum absolute atomic E-state index is 12.0. The summed E-state index contributed by atoms with van der Waals surface area (Å²) in [5.41, 5.74) is 10.1. The number of nitrogens with two attached hydrogens (primary N) is 1. The first-order valence-corrected chi connectivity index (χ1v) is 7.53. The fourth-order valence-electron chi connectivity index (χ4n) is 2.14. The van der Waals surface area contributed by atoms with E-state index in [-0.39, 0.29) is 5.91 Å². The summed E-state index contributed by atoms with van der Waals surface area (Å²) in [6.07, 6.45) is 0.373. The van der Waals surface area contributed by atoms with Crippen molar-refractivity contribution >= 4 is 33.2 Å². The van der Waals surface area contributed by atoms with Crippen molar-refractivity contribution in [3.05, 3.63) is 39.6 Å². The topological polar surface area (TPSA) is 72.9 Å². The van der Waals surface area contributed by atoms with E-state index >= 15 is 0 Å². The number of amides is 1. The molecule has 1 heterocycles. The minimum atomic E-state index is -0.0356. The summed E-state index contributed by atoms with van der Waals surface area (Å²) in [4.78, 5) is 12.0. The summed E-state index contributed by atoms with van der Waals surface area (Å²) < 4.78 is 2.84. The fraction of sp³-hybridized carbons (Fsp3) is 0.333. The van der Waals surface area contributed by atoms with E-state index in [2.05, 4.69) is 26.3 Å². The molecule has 0 aliphatic heterocycles. The van der Waals surface area contributed by atoms with Crippen LogP contribution in [0.3, 0.4) is 0 Å². The molecule has 0 bridgehead atoms. The van der Waals surface area contributed by atoms with Gasteiger partial charge in [0.05, 0.1) is 16.7 Å². The molecule has 3 N–H and O–H groups in total. The Hall–Kier alpha value is -1.82. The van der Waals surface area contributed by atoms with E-state index in [1.807, 2.05) is 37.6 Å². The standard InChI is InChI=1S/C15H19BrN4O/c1-9-8-12(17)4-5-13(9)18-14(21)6-7-20-11(3)15(16)10(2)19-20/h4-5,8H,6-7,17H2,1-3H3,(H,18,21). The average molecular weight is 351 g/mol. The molecule has 0 aliphatic rings. The number of halogens is 1. The van der Waals surface area contributed by atoms with Gasteiger partial charge >= 0.3 is 0 Å². The first kappa shape index (κ1) is 15.6. The monoisotopic (exact) mass is 350 g/mol. The molecule has 0 saturated carbocycles. The summed E-state index contributed by atoms with van der Waals surface area (Å²) >= 11 is 3.48. The molecule has 0 aliphatic carbocycles. The van der Waals surface area contributed by atoms with Crippen molar-refractivity contribution in [2.24, 2.45) is 0 Å². The number of nitrogens with zero attached hydrogens (tertiary/aromatic N) is 2. The van der Waals surface area contributed by atoms with E-state index in [0.717, 1.165) is 27.1 Å². The molecule has 112 valence electrons. The molecule has 1 aromatic carbocycles. The molecule has 0 fully saturated rings. The molecule has 6 heteroatoms. The van der Waals surface area contributed by atoms with Gasteiger partial charge in [0.2, 0.25) is 5.91 Å². The molecule has 1 amide bonds. The zero-order valence-electron chi connectivity index (χ0n) is 12.4. The second-order valence-electron chi connectivity index (χ2n) is 5.08. The summed E-state index contributed by atoms with van der Waals surface area (Å²) in [6.45, 7) is 6.39. The second kappa shape index (κ2) is 6.30. The van der Waals surface area contributed by atoms with Crippen molar-refractivity contribution in [2.75, 3.05) is 11.1 Å². The number of aryl methyl sites for hydroxylation is 3. The maximum atomic E-state index is 12.0. The molecule has 0 radical (unpaired) electrons. The minimum Gasteiger partial charge on any atom is -0.399 e. The predicted octanol–water partition coefficient (Wildman–Crippen LogP) is 3.18. The van der Waals surface area contributed by atoms with Crippen LogP contribution in [-0.4, -0.2) is 15.7 Å². The van der Waals surface area contributed by atoms with Crippen molar-refractivity contribution in [2.45, 2.75) is 33.7 Å². The van der Waals surface area contributed by atoms with E-state index in [4.69, 9.17) is 5.73 Å². The molecular formula is C15H19BrN4O. The molecule has 0 spiro atoms. The van der Waals surface area contributed by atoms with Crippen molar-refractivity contribution in [3.8, 4) is 0 Å². The Morgan fingerprint density at radius 1 is 1.38 bits per heavy atom.